The van der Waals surface area contributed by atoms with E-state index < -0.39 is 0 Å². The van der Waals surface area contributed by atoms with Gasteiger partial charge in [0, 0.05) is 25.2 Å². The zero-order valence-corrected chi connectivity index (χ0v) is 14.4. The lowest BCUT2D eigenvalue weighted by molar-refractivity contribution is 0.0784. The van der Waals surface area contributed by atoms with E-state index in [1.54, 1.807) is 0 Å². The molecule has 1 aliphatic rings. The molecule has 0 spiro atoms. The van der Waals surface area contributed by atoms with Gasteiger partial charge in [0.1, 0.15) is 0 Å². The molecule has 1 saturated heterocycles. The van der Waals surface area contributed by atoms with Crippen molar-refractivity contribution < 1.29 is 4.74 Å². The van der Waals surface area contributed by atoms with Crippen molar-refractivity contribution in [3.8, 4) is 0 Å². The maximum atomic E-state index is 5.74. The Morgan fingerprint density at radius 3 is 2.65 bits per heavy atom. The van der Waals surface area contributed by atoms with E-state index in [9.17, 15) is 0 Å². The Morgan fingerprint density at radius 2 is 2.00 bits per heavy atom. The highest BCUT2D eigenvalue weighted by Crippen LogP contribution is 2.16. The average molecular weight is 284 g/mol. The van der Waals surface area contributed by atoms with Crippen LogP contribution in [0.4, 0.5) is 0 Å². The van der Waals surface area contributed by atoms with E-state index in [-0.39, 0.29) is 5.54 Å². The smallest absolute Gasteiger partial charge is 0.0593 e. The van der Waals surface area contributed by atoms with Crippen molar-refractivity contribution in [1.82, 2.24) is 10.2 Å². The molecule has 3 nitrogen and oxygen atoms in total. The normalized spacial score (nSPS) is 21.6. The molecule has 1 aliphatic heterocycles. The molecule has 0 bridgehead atoms. The van der Waals surface area contributed by atoms with Crippen LogP contribution in [-0.2, 0) is 4.74 Å². The summed E-state index contributed by atoms with van der Waals surface area (Å²) in [4.78, 5) is 2.58. The molecule has 0 aromatic carbocycles. The first-order valence-electron chi connectivity index (χ1n) is 8.42. The number of piperidine rings is 1. The van der Waals surface area contributed by atoms with E-state index in [2.05, 4.69) is 44.8 Å². The molecule has 20 heavy (non-hydrogen) atoms. The topological polar surface area (TPSA) is 24.5 Å². The van der Waals surface area contributed by atoms with Crippen LogP contribution in [0.1, 0.15) is 53.9 Å². The van der Waals surface area contributed by atoms with E-state index in [4.69, 9.17) is 4.74 Å². The van der Waals surface area contributed by atoms with Crippen LogP contribution in [0, 0.1) is 11.8 Å². The minimum atomic E-state index is 0.238. The highest BCUT2D eigenvalue weighted by molar-refractivity contribution is 4.78. The Morgan fingerprint density at radius 1 is 1.25 bits per heavy atom. The van der Waals surface area contributed by atoms with E-state index in [1.807, 2.05) is 0 Å². The van der Waals surface area contributed by atoms with Gasteiger partial charge >= 0.3 is 0 Å². The predicted octanol–water partition coefficient (Wildman–Crippen LogP) is 3.15. The zero-order chi connectivity index (χ0) is 15.0. The predicted molar refractivity (Wildman–Crippen MR) is 87.2 cm³/mol. The minimum Gasteiger partial charge on any atom is -0.380 e. The Bertz CT molecular complexity index is 248. The number of nitrogens with zero attached hydrogens (tertiary/aromatic N) is 1. The first-order valence-corrected chi connectivity index (χ1v) is 8.42. The van der Waals surface area contributed by atoms with Gasteiger partial charge in [-0.3, -0.25) is 0 Å². The van der Waals surface area contributed by atoms with Crippen LogP contribution in [0.5, 0.6) is 0 Å². The molecule has 1 fully saturated rings. The molecule has 0 aliphatic carbocycles. The fraction of sp³-hybridized carbons (Fsp3) is 1.00. The monoisotopic (exact) mass is 284 g/mol. The van der Waals surface area contributed by atoms with Gasteiger partial charge in [-0.2, -0.15) is 0 Å². The van der Waals surface area contributed by atoms with Crippen molar-refractivity contribution in [2.75, 3.05) is 39.4 Å². The zero-order valence-electron chi connectivity index (χ0n) is 14.4. The second-order valence-corrected chi connectivity index (χ2v) is 7.73. The molecule has 0 radical (unpaired) electrons. The second kappa shape index (κ2) is 9.01. The van der Waals surface area contributed by atoms with Crippen LogP contribution in [0.3, 0.4) is 0 Å². The fourth-order valence-electron chi connectivity index (χ4n) is 2.59. The third-order valence-electron chi connectivity index (χ3n) is 3.92. The Kier molecular flexibility index (Phi) is 8.08. The quantitative estimate of drug-likeness (QED) is 0.693. The molecule has 1 N–H and O–H groups in total. The lowest BCUT2D eigenvalue weighted by atomic mass is 9.96. The van der Waals surface area contributed by atoms with Crippen molar-refractivity contribution in [1.29, 1.82) is 0 Å². The third kappa shape index (κ3) is 8.93. The fourth-order valence-corrected chi connectivity index (χ4v) is 2.59. The van der Waals surface area contributed by atoms with Gasteiger partial charge in [0.25, 0.3) is 0 Å². The van der Waals surface area contributed by atoms with Crippen LogP contribution in [0.15, 0.2) is 0 Å². The lowest BCUT2D eigenvalue weighted by Crippen LogP contribution is -2.45. The van der Waals surface area contributed by atoms with Gasteiger partial charge in [-0.1, -0.05) is 13.8 Å². The number of hydrogen-bond donors (Lipinski definition) is 1. The summed E-state index contributed by atoms with van der Waals surface area (Å²) in [5, 5.41) is 3.64. The van der Waals surface area contributed by atoms with Crippen molar-refractivity contribution in [2.45, 2.75) is 59.4 Å². The Labute approximate surface area is 126 Å². The summed E-state index contributed by atoms with van der Waals surface area (Å²) in [6, 6.07) is 0. The lowest BCUT2D eigenvalue weighted by Gasteiger charge is -2.34. The number of likely N-dealkylation sites (tertiary alicyclic amines) is 1. The number of ether oxygens (including phenoxy) is 1. The van der Waals surface area contributed by atoms with Gasteiger partial charge < -0.3 is 15.0 Å². The molecule has 1 rings (SSSR count). The molecule has 0 saturated carbocycles. The van der Waals surface area contributed by atoms with Crippen LogP contribution >= 0.6 is 0 Å². The summed E-state index contributed by atoms with van der Waals surface area (Å²) in [6.07, 6.45) is 3.88. The van der Waals surface area contributed by atoms with Crippen molar-refractivity contribution in [3.63, 3.8) is 0 Å². The second-order valence-electron chi connectivity index (χ2n) is 7.73. The molecule has 1 unspecified atom stereocenters. The van der Waals surface area contributed by atoms with E-state index in [0.717, 1.165) is 38.1 Å². The molecular formula is C17H36N2O. The van der Waals surface area contributed by atoms with Crippen molar-refractivity contribution in [2.24, 2.45) is 11.8 Å². The van der Waals surface area contributed by atoms with Gasteiger partial charge in [-0.05, 0) is 65.0 Å². The minimum absolute atomic E-state index is 0.238. The number of nitrogens with one attached hydrogen (secondary N) is 1. The van der Waals surface area contributed by atoms with Gasteiger partial charge in [0.05, 0.1) is 6.61 Å². The summed E-state index contributed by atoms with van der Waals surface area (Å²) in [5.41, 5.74) is 0.238. The first kappa shape index (κ1) is 17.9. The third-order valence-corrected chi connectivity index (χ3v) is 3.92. The molecule has 3 heteroatoms. The first-order chi connectivity index (χ1) is 9.37. The molecule has 0 aromatic heterocycles. The van der Waals surface area contributed by atoms with Crippen molar-refractivity contribution >= 4 is 0 Å². The summed E-state index contributed by atoms with van der Waals surface area (Å²) in [6.45, 7) is 17.8. The molecular weight excluding hydrogens is 248 g/mol. The van der Waals surface area contributed by atoms with Crippen LogP contribution < -0.4 is 5.32 Å². The van der Waals surface area contributed by atoms with E-state index >= 15 is 0 Å². The number of hydrogen-bond acceptors (Lipinski definition) is 3. The van der Waals surface area contributed by atoms with Crippen LogP contribution in [0.2, 0.25) is 0 Å². The standard InChI is InChI=1S/C17H36N2O/c1-15(2)8-11-20-12-10-19-9-6-7-16(14-19)13-18-17(3,4)5/h15-16,18H,6-14H2,1-5H3. The summed E-state index contributed by atoms with van der Waals surface area (Å²) >= 11 is 0. The maximum Gasteiger partial charge on any atom is 0.0593 e. The van der Waals surface area contributed by atoms with E-state index in [0.29, 0.717) is 0 Å². The largest absolute Gasteiger partial charge is 0.380 e. The molecule has 0 amide bonds. The van der Waals surface area contributed by atoms with Gasteiger partial charge in [-0.15, -0.1) is 0 Å². The van der Waals surface area contributed by atoms with Crippen LogP contribution in [0.25, 0.3) is 0 Å². The number of rotatable bonds is 8. The molecule has 1 atom stereocenters. The Balaban J connectivity index is 2.11. The Hall–Kier alpha value is -0.120. The molecule has 120 valence electrons. The molecule has 0 aromatic rings. The summed E-state index contributed by atoms with van der Waals surface area (Å²) in [7, 11) is 0. The van der Waals surface area contributed by atoms with Gasteiger partial charge in [0.15, 0.2) is 0 Å². The summed E-state index contributed by atoms with van der Waals surface area (Å²) in [5.74, 6) is 1.55. The van der Waals surface area contributed by atoms with Gasteiger partial charge in [0.2, 0.25) is 0 Å². The van der Waals surface area contributed by atoms with Crippen molar-refractivity contribution in [3.05, 3.63) is 0 Å². The highest BCUT2D eigenvalue weighted by atomic mass is 16.5. The highest BCUT2D eigenvalue weighted by Gasteiger charge is 2.21. The SMILES string of the molecule is CC(C)CCOCCN1CCCC(CNC(C)(C)C)C1. The van der Waals surface area contributed by atoms with E-state index in [1.165, 1.54) is 32.4 Å². The molecule has 1 heterocycles. The van der Waals surface area contributed by atoms with Crippen LogP contribution in [-0.4, -0.2) is 49.8 Å². The average Bonchev–Trinajstić information content (AvgIpc) is 2.35. The summed E-state index contributed by atoms with van der Waals surface area (Å²) < 4.78 is 5.74. The van der Waals surface area contributed by atoms with Gasteiger partial charge in [-0.25, -0.2) is 0 Å². The maximum absolute atomic E-state index is 5.74.